The number of aryl methyl sites for hydroxylation is 1. The molecule has 1 aromatic carbocycles. The van der Waals surface area contributed by atoms with Crippen LogP contribution >= 0.6 is 11.8 Å². The second kappa shape index (κ2) is 7.33. The van der Waals surface area contributed by atoms with Gasteiger partial charge in [0.1, 0.15) is 12.1 Å². The number of ether oxygens (including phenoxy) is 1. The van der Waals surface area contributed by atoms with Gasteiger partial charge in [0.05, 0.1) is 12.0 Å². The van der Waals surface area contributed by atoms with Gasteiger partial charge in [0.2, 0.25) is 10.0 Å². The Balaban J connectivity index is 2.10. The third-order valence-corrected chi connectivity index (χ3v) is 5.96. The van der Waals surface area contributed by atoms with Crippen molar-refractivity contribution < 1.29 is 13.2 Å². The van der Waals surface area contributed by atoms with Crippen molar-refractivity contribution in [1.29, 1.82) is 0 Å². The summed E-state index contributed by atoms with van der Waals surface area (Å²) >= 11 is 1.40. The van der Waals surface area contributed by atoms with E-state index < -0.39 is 10.0 Å². The number of aromatic nitrogens is 3. The van der Waals surface area contributed by atoms with Gasteiger partial charge in [0.25, 0.3) is 0 Å². The van der Waals surface area contributed by atoms with E-state index in [4.69, 9.17) is 4.74 Å². The summed E-state index contributed by atoms with van der Waals surface area (Å²) in [6, 6.07) is 1.65. The third-order valence-electron chi connectivity index (χ3n) is 3.50. The number of nitrogens with one attached hydrogen (secondary N) is 2. The summed E-state index contributed by atoms with van der Waals surface area (Å²) < 4.78 is 33.0. The van der Waals surface area contributed by atoms with Crippen LogP contribution in [0.4, 0.5) is 0 Å². The van der Waals surface area contributed by atoms with E-state index in [9.17, 15) is 8.42 Å². The van der Waals surface area contributed by atoms with E-state index in [-0.39, 0.29) is 4.90 Å². The smallest absolute Gasteiger partial charge is 0.240 e. The van der Waals surface area contributed by atoms with E-state index in [0.717, 1.165) is 16.9 Å². The molecule has 0 aliphatic heterocycles. The van der Waals surface area contributed by atoms with Crippen LogP contribution in [0.3, 0.4) is 0 Å². The van der Waals surface area contributed by atoms with E-state index in [1.807, 2.05) is 13.8 Å². The van der Waals surface area contributed by atoms with Gasteiger partial charge >= 0.3 is 0 Å². The van der Waals surface area contributed by atoms with Gasteiger partial charge in [-0.1, -0.05) is 11.8 Å². The van der Waals surface area contributed by atoms with Gasteiger partial charge in [-0.15, -0.1) is 0 Å². The van der Waals surface area contributed by atoms with Crippen LogP contribution in [0.25, 0.3) is 0 Å². The van der Waals surface area contributed by atoms with E-state index in [1.165, 1.54) is 18.1 Å². The van der Waals surface area contributed by atoms with Crippen LogP contribution in [0.15, 0.2) is 22.4 Å². The maximum absolute atomic E-state index is 12.5. The van der Waals surface area contributed by atoms with E-state index >= 15 is 0 Å². The number of methoxy groups -OCH3 is 1. The molecule has 0 saturated carbocycles. The second-order valence-corrected chi connectivity index (χ2v) is 7.83. The van der Waals surface area contributed by atoms with E-state index in [1.54, 1.807) is 20.1 Å². The molecule has 2 N–H and O–H groups in total. The molecule has 0 aliphatic rings. The minimum atomic E-state index is -3.57. The van der Waals surface area contributed by atoms with Gasteiger partial charge in [-0.25, -0.2) is 18.1 Å². The van der Waals surface area contributed by atoms with Gasteiger partial charge in [-0.2, -0.15) is 5.10 Å². The Hall–Kier alpha value is -1.58. The first-order valence-corrected chi connectivity index (χ1v) is 9.46. The summed E-state index contributed by atoms with van der Waals surface area (Å²) in [5.74, 6) is 1.28. The molecule has 0 aliphatic carbocycles. The number of H-pyrrole nitrogens is 1. The number of sulfonamides is 1. The maximum Gasteiger partial charge on any atom is 0.240 e. The monoisotopic (exact) mass is 356 g/mol. The zero-order valence-electron chi connectivity index (χ0n) is 13.5. The Labute approximate surface area is 140 Å². The van der Waals surface area contributed by atoms with Crippen molar-refractivity contribution >= 4 is 21.8 Å². The van der Waals surface area contributed by atoms with Crippen LogP contribution in [-0.4, -0.2) is 43.0 Å². The van der Waals surface area contributed by atoms with Crippen molar-refractivity contribution in [2.75, 3.05) is 19.4 Å². The molecule has 0 unspecified atom stereocenters. The highest BCUT2D eigenvalue weighted by atomic mass is 32.2. The van der Waals surface area contributed by atoms with E-state index in [0.29, 0.717) is 23.0 Å². The third kappa shape index (κ3) is 4.04. The fourth-order valence-electron chi connectivity index (χ4n) is 2.28. The van der Waals surface area contributed by atoms with Crippen LogP contribution in [0, 0.1) is 20.8 Å². The molecule has 0 fully saturated rings. The summed E-state index contributed by atoms with van der Waals surface area (Å²) in [5, 5.41) is 7.11. The van der Waals surface area contributed by atoms with Crippen LogP contribution in [-0.2, 0) is 10.0 Å². The number of hydrogen-bond acceptors (Lipinski definition) is 6. The van der Waals surface area contributed by atoms with Crippen LogP contribution in [0.1, 0.15) is 16.7 Å². The largest absolute Gasteiger partial charge is 0.496 e. The molecule has 1 aromatic heterocycles. The molecular weight excluding hydrogens is 336 g/mol. The normalized spacial score (nSPS) is 11.7. The van der Waals surface area contributed by atoms with Crippen molar-refractivity contribution in [3.8, 4) is 5.75 Å². The van der Waals surface area contributed by atoms with Crippen LogP contribution < -0.4 is 9.46 Å². The number of rotatable bonds is 7. The summed E-state index contributed by atoms with van der Waals surface area (Å²) in [7, 11) is -1.98. The van der Waals surface area contributed by atoms with Gasteiger partial charge in [-0.3, -0.25) is 5.10 Å². The van der Waals surface area contributed by atoms with Crippen molar-refractivity contribution in [2.24, 2.45) is 0 Å². The number of hydrogen-bond donors (Lipinski definition) is 2. The van der Waals surface area contributed by atoms with Gasteiger partial charge < -0.3 is 4.74 Å². The Morgan fingerprint density at radius 1 is 1.30 bits per heavy atom. The molecule has 0 spiro atoms. The molecule has 126 valence electrons. The molecule has 0 atom stereocenters. The molecule has 9 heteroatoms. The topological polar surface area (TPSA) is 97.0 Å². The van der Waals surface area contributed by atoms with Crippen molar-refractivity contribution in [2.45, 2.75) is 30.8 Å². The number of thioether (sulfide) groups is 1. The lowest BCUT2D eigenvalue weighted by Crippen LogP contribution is -2.27. The molecular formula is C14H20N4O3S2. The molecule has 2 aromatic rings. The molecule has 0 amide bonds. The molecule has 0 saturated heterocycles. The van der Waals surface area contributed by atoms with Crippen molar-refractivity contribution in [1.82, 2.24) is 19.9 Å². The molecule has 0 radical (unpaired) electrons. The first-order valence-electron chi connectivity index (χ1n) is 6.99. The zero-order valence-corrected chi connectivity index (χ0v) is 15.1. The van der Waals surface area contributed by atoms with Crippen molar-refractivity contribution in [3.63, 3.8) is 0 Å². The summed E-state index contributed by atoms with van der Waals surface area (Å²) in [6.45, 7) is 5.79. The predicted molar refractivity (Wildman–Crippen MR) is 89.5 cm³/mol. The lowest BCUT2D eigenvalue weighted by Gasteiger charge is -2.16. The van der Waals surface area contributed by atoms with Crippen LogP contribution in [0.2, 0.25) is 0 Å². The molecule has 0 bridgehead atoms. The highest BCUT2D eigenvalue weighted by Gasteiger charge is 2.20. The number of aromatic amines is 1. The zero-order chi connectivity index (χ0) is 17.0. The number of nitrogens with zero attached hydrogens (tertiary/aromatic N) is 2. The van der Waals surface area contributed by atoms with Crippen LogP contribution in [0.5, 0.6) is 5.75 Å². The Morgan fingerprint density at radius 3 is 2.65 bits per heavy atom. The standard InChI is InChI=1S/C14H20N4O3S2/c1-9-7-12(10(2)11(3)13(9)21-4)23(19,20)17-5-6-22-14-15-8-16-18-14/h7-8,17H,5-6H2,1-4H3,(H,15,16,18). The minimum absolute atomic E-state index is 0.290. The first-order chi connectivity index (χ1) is 10.9. The fraction of sp³-hybridized carbons (Fsp3) is 0.429. The summed E-state index contributed by atoms with van der Waals surface area (Å²) in [6.07, 6.45) is 1.42. The second-order valence-electron chi connectivity index (χ2n) is 5.01. The Bertz CT molecular complexity index is 774. The summed E-state index contributed by atoms with van der Waals surface area (Å²) in [5.41, 5.74) is 2.33. The van der Waals surface area contributed by atoms with Gasteiger partial charge in [0.15, 0.2) is 5.16 Å². The molecule has 23 heavy (non-hydrogen) atoms. The number of benzene rings is 1. The molecule has 2 rings (SSSR count). The fourth-order valence-corrected chi connectivity index (χ4v) is 4.46. The highest BCUT2D eigenvalue weighted by Crippen LogP contribution is 2.30. The maximum atomic E-state index is 12.5. The molecule has 1 heterocycles. The SMILES string of the molecule is COc1c(C)cc(S(=O)(=O)NCCSc2ncn[nH]2)c(C)c1C. The predicted octanol–water partition coefficient (Wildman–Crippen LogP) is 1.81. The van der Waals surface area contributed by atoms with Crippen molar-refractivity contribution in [3.05, 3.63) is 29.1 Å². The highest BCUT2D eigenvalue weighted by molar-refractivity contribution is 7.99. The lowest BCUT2D eigenvalue weighted by molar-refractivity contribution is 0.407. The minimum Gasteiger partial charge on any atom is -0.496 e. The Morgan fingerprint density at radius 2 is 2.04 bits per heavy atom. The summed E-state index contributed by atoms with van der Waals surface area (Å²) in [4.78, 5) is 4.26. The lowest BCUT2D eigenvalue weighted by atomic mass is 10.1. The average molecular weight is 356 g/mol. The van der Waals surface area contributed by atoms with Gasteiger partial charge in [0, 0.05) is 12.3 Å². The average Bonchev–Trinajstić information content (AvgIpc) is 3.01. The first kappa shape index (κ1) is 17.8. The van der Waals surface area contributed by atoms with E-state index in [2.05, 4.69) is 19.9 Å². The Kier molecular flexibility index (Phi) is 5.66. The van der Waals surface area contributed by atoms with Gasteiger partial charge in [-0.05, 0) is 43.5 Å². The quantitative estimate of drug-likeness (QED) is 0.580. The molecule has 7 nitrogen and oxygen atoms in total.